The highest BCUT2D eigenvalue weighted by Crippen LogP contribution is 2.29. The van der Waals surface area contributed by atoms with E-state index in [1.807, 2.05) is 12.3 Å². The molecule has 1 aliphatic carbocycles. The molecule has 0 radical (unpaired) electrons. The van der Waals surface area contributed by atoms with Crippen LogP contribution in [0, 0.1) is 5.92 Å². The molecule has 2 heterocycles. The average molecular weight is 184 g/mol. The van der Waals surface area contributed by atoms with Crippen LogP contribution in [0.25, 0.3) is 0 Å². The van der Waals surface area contributed by atoms with Gasteiger partial charge in [-0.05, 0) is 11.6 Å². The van der Waals surface area contributed by atoms with Gasteiger partial charge in [-0.2, -0.15) is 0 Å². The predicted octanol–water partition coefficient (Wildman–Crippen LogP) is 1.60. The Morgan fingerprint density at radius 2 is 2.29 bits per heavy atom. The monoisotopic (exact) mass is 184 g/mol. The van der Waals surface area contributed by atoms with E-state index < -0.39 is 0 Å². The average Bonchev–Trinajstić information content (AvgIpc) is 2.29. The van der Waals surface area contributed by atoms with Gasteiger partial charge in [0.1, 0.15) is 0 Å². The van der Waals surface area contributed by atoms with Gasteiger partial charge in [-0.1, -0.05) is 30.4 Å². The van der Waals surface area contributed by atoms with Crippen molar-refractivity contribution in [2.24, 2.45) is 10.9 Å². The molecule has 14 heavy (non-hydrogen) atoms. The summed E-state index contributed by atoms with van der Waals surface area (Å²) in [5.41, 5.74) is 2.56. The molecule has 0 bridgehead atoms. The molecule has 2 aliphatic heterocycles. The van der Waals surface area contributed by atoms with Gasteiger partial charge in [-0.3, -0.25) is 4.99 Å². The van der Waals surface area contributed by atoms with Gasteiger partial charge in [0, 0.05) is 24.4 Å². The van der Waals surface area contributed by atoms with Crippen molar-refractivity contribution in [2.75, 3.05) is 6.54 Å². The third-order valence-corrected chi connectivity index (χ3v) is 2.84. The Kier molecular flexibility index (Phi) is 1.66. The largest absolute Gasteiger partial charge is 0.383 e. The summed E-state index contributed by atoms with van der Waals surface area (Å²) in [4.78, 5) is 4.52. The highest BCUT2D eigenvalue weighted by Gasteiger charge is 2.27. The smallest absolute Gasteiger partial charge is 0.0997 e. The quantitative estimate of drug-likeness (QED) is 0.607. The third-order valence-electron chi connectivity index (χ3n) is 2.84. The van der Waals surface area contributed by atoms with E-state index in [4.69, 9.17) is 0 Å². The summed E-state index contributed by atoms with van der Waals surface area (Å²) >= 11 is 0. The highest BCUT2D eigenvalue weighted by atomic mass is 15.0. The Bertz CT molecular complexity index is 397. The number of nitrogens with zero attached hydrogens (tertiary/aromatic N) is 1. The van der Waals surface area contributed by atoms with Crippen LogP contribution in [0.2, 0.25) is 0 Å². The van der Waals surface area contributed by atoms with Crippen molar-refractivity contribution in [3.8, 4) is 0 Å². The topological polar surface area (TPSA) is 24.4 Å². The van der Waals surface area contributed by atoms with Gasteiger partial charge >= 0.3 is 0 Å². The summed E-state index contributed by atoms with van der Waals surface area (Å²) in [7, 11) is 0. The van der Waals surface area contributed by atoms with Crippen molar-refractivity contribution >= 4 is 6.21 Å². The fraction of sp³-hybridized carbons (Fsp3) is 0.250. The fourth-order valence-corrected chi connectivity index (χ4v) is 2.14. The van der Waals surface area contributed by atoms with Gasteiger partial charge < -0.3 is 5.32 Å². The van der Waals surface area contributed by atoms with Crippen molar-refractivity contribution in [2.45, 2.75) is 6.04 Å². The molecule has 1 N–H and O–H groups in total. The molecule has 3 rings (SSSR count). The zero-order valence-corrected chi connectivity index (χ0v) is 7.85. The van der Waals surface area contributed by atoms with Crippen LogP contribution in [0.5, 0.6) is 0 Å². The number of rotatable bonds is 0. The van der Waals surface area contributed by atoms with Crippen LogP contribution in [0.4, 0.5) is 0 Å². The van der Waals surface area contributed by atoms with E-state index in [0.29, 0.717) is 5.92 Å². The first kappa shape index (κ1) is 7.80. The van der Waals surface area contributed by atoms with E-state index in [9.17, 15) is 0 Å². The zero-order chi connectivity index (χ0) is 9.38. The summed E-state index contributed by atoms with van der Waals surface area (Å²) in [6.07, 6.45) is 14.9. The normalized spacial score (nSPS) is 32.6. The molecule has 0 saturated carbocycles. The fourth-order valence-electron chi connectivity index (χ4n) is 2.14. The molecule has 2 unspecified atom stereocenters. The standard InChI is InChI=1S/C12H12N2/c1-3-9-5-6-10-4-2-8-14-12(10)11(9)13-7-1/h1-7,9,11,14H,8H2. The molecule has 0 spiro atoms. The maximum atomic E-state index is 4.52. The van der Waals surface area contributed by atoms with E-state index in [1.54, 1.807) is 0 Å². The molecule has 2 heteroatoms. The number of dihydropyridines is 2. The van der Waals surface area contributed by atoms with Crippen LogP contribution in [0.1, 0.15) is 0 Å². The zero-order valence-electron chi connectivity index (χ0n) is 7.85. The third kappa shape index (κ3) is 1.07. The van der Waals surface area contributed by atoms with E-state index in [2.05, 4.69) is 40.7 Å². The molecule has 0 aromatic carbocycles. The molecule has 2 nitrogen and oxygen atoms in total. The van der Waals surface area contributed by atoms with Crippen molar-refractivity contribution in [3.63, 3.8) is 0 Å². The lowest BCUT2D eigenvalue weighted by molar-refractivity contribution is 0.596. The van der Waals surface area contributed by atoms with Crippen molar-refractivity contribution in [1.82, 2.24) is 5.32 Å². The van der Waals surface area contributed by atoms with Gasteiger partial charge in [-0.25, -0.2) is 0 Å². The summed E-state index contributed by atoms with van der Waals surface area (Å²) in [6.45, 7) is 0.926. The Morgan fingerprint density at radius 3 is 3.29 bits per heavy atom. The van der Waals surface area contributed by atoms with Gasteiger partial charge in [0.25, 0.3) is 0 Å². The highest BCUT2D eigenvalue weighted by molar-refractivity contribution is 5.73. The number of allylic oxidation sites excluding steroid dienone is 4. The van der Waals surface area contributed by atoms with Crippen LogP contribution in [0.15, 0.2) is 52.7 Å². The molecular formula is C12H12N2. The van der Waals surface area contributed by atoms with Crippen molar-refractivity contribution in [3.05, 3.63) is 47.7 Å². The van der Waals surface area contributed by atoms with Crippen LogP contribution in [-0.4, -0.2) is 18.8 Å². The molecule has 2 atom stereocenters. The van der Waals surface area contributed by atoms with Gasteiger partial charge in [-0.15, -0.1) is 0 Å². The maximum Gasteiger partial charge on any atom is 0.0997 e. The molecule has 0 aromatic heterocycles. The summed E-state index contributed by atoms with van der Waals surface area (Å²) in [5, 5.41) is 3.41. The predicted molar refractivity (Wildman–Crippen MR) is 58.2 cm³/mol. The second-order valence-electron chi connectivity index (χ2n) is 3.72. The Morgan fingerprint density at radius 1 is 1.29 bits per heavy atom. The van der Waals surface area contributed by atoms with Crippen LogP contribution >= 0.6 is 0 Å². The Balaban J connectivity index is 2.04. The lowest BCUT2D eigenvalue weighted by Gasteiger charge is -2.30. The van der Waals surface area contributed by atoms with Crippen LogP contribution in [-0.2, 0) is 0 Å². The van der Waals surface area contributed by atoms with E-state index in [0.717, 1.165) is 6.54 Å². The number of hydrogen-bond acceptors (Lipinski definition) is 2. The Hall–Kier alpha value is -1.57. The van der Waals surface area contributed by atoms with Gasteiger partial charge in [0.2, 0.25) is 0 Å². The van der Waals surface area contributed by atoms with Crippen LogP contribution in [0.3, 0.4) is 0 Å². The van der Waals surface area contributed by atoms with Crippen molar-refractivity contribution in [1.29, 1.82) is 0 Å². The van der Waals surface area contributed by atoms with Crippen LogP contribution < -0.4 is 5.32 Å². The Labute approximate surface area is 83.4 Å². The minimum Gasteiger partial charge on any atom is -0.383 e. The first-order chi connectivity index (χ1) is 6.95. The first-order valence-electron chi connectivity index (χ1n) is 4.98. The van der Waals surface area contributed by atoms with E-state index in [1.165, 1.54) is 11.3 Å². The molecule has 3 aliphatic rings. The van der Waals surface area contributed by atoms with Gasteiger partial charge in [0.15, 0.2) is 0 Å². The first-order valence-corrected chi connectivity index (χ1v) is 4.98. The van der Waals surface area contributed by atoms with E-state index in [-0.39, 0.29) is 6.04 Å². The second-order valence-corrected chi connectivity index (χ2v) is 3.72. The molecule has 0 amide bonds. The molecule has 0 aromatic rings. The maximum absolute atomic E-state index is 4.52. The summed E-state index contributed by atoms with van der Waals surface area (Å²) in [6, 6.07) is 0.282. The summed E-state index contributed by atoms with van der Waals surface area (Å²) in [5.74, 6) is 0.442. The molecule has 70 valence electrons. The number of fused-ring (bicyclic) bond motifs is 2. The number of hydrogen-bond donors (Lipinski definition) is 1. The SMILES string of the molecule is C1=CC2C=CC3=C(NCC=C3)C2N=C1. The molecule has 0 fully saturated rings. The molecular weight excluding hydrogens is 172 g/mol. The minimum absolute atomic E-state index is 0.282. The van der Waals surface area contributed by atoms with Gasteiger partial charge in [0.05, 0.1) is 6.04 Å². The minimum atomic E-state index is 0.282. The lowest BCUT2D eigenvalue weighted by Crippen LogP contribution is -2.33. The lowest BCUT2D eigenvalue weighted by atomic mass is 9.86. The number of aliphatic imine (C=N–C) groups is 1. The van der Waals surface area contributed by atoms with E-state index >= 15 is 0 Å². The second kappa shape index (κ2) is 2.98. The summed E-state index contributed by atoms with van der Waals surface area (Å²) < 4.78 is 0. The number of nitrogens with one attached hydrogen (secondary N) is 1. The molecule has 0 saturated heterocycles. The van der Waals surface area contributed by atoms with Crippen molar-refractivity contribution < 1.29 is 0 Å².